The lowest BCUT2D eigenvalue weighted by atomic mass is 10.2. The zero-order chi connectivity index (χ0) is 14.9. The Balaban J connectivity index is 2.64. The molecule has 0 fully saturated rings. The minimum absolute atomic E-state index is 0.0285. The summed E-state index contributed by atoms with van der Waals surface area (Å²) < 4.78 is 37.2. The number of nitrogens with two attached hydrogens (primary N) is 1. The van der Waals surface area contributed by atoms with Gasteiger partial charge in [0.1, 0.15) is 0 Å². The molecule has 2 rings (SSSR count). The van der Waals surface area contributed by atoms with Gasteiger partial charge < -0.3 is 15.7 Å². The molecule has 10 heteroatoms. The summed E-state index contributed by atoms with van der Waals surface area (Å²) in [6.07, 6.45) is -4.98. The van der Waals surface area contributed by atoms with Gasteiger partial charge in [-0.2, -0.15) is 0 Å². The molecule has 0 atom stereocenters. The number of aromatic nitrogens is 1. The van der Waals surface area contributed by atoms with Gasteiger partial charge in [0.05, 0.1) is 5.52 Å². The van der Waals surface area contributed by atoms with Crippen molar-refractivity contribution >= 4 is 33.9 Å². The molecular formula is C10H7F3N4O2S. The zero-order valence-electron chi connectivity index (χ0n) is 9.63. The van der Waals surface area contributed by atoms with Crippen LogP contribution in [0.15, 0.2) is 34.5 Å². The Kier molecular flexibility index (Phi) is 3.49. The van der Waals surface area contributed by atoms with Crippen molar-refractivity contribution in [1.82, 2.24) is 4.73 Å². The van der Waals surface area contributed by atoms with Crippen LogP contribution < -0.4 is 10.6 Å². The van der Waals surface area contributed by atoms with Crippen LogP contribution in [0.5, 0.6) is 5.88 Å². The number of hydrogen-bond donors (Lipinski definition) is 2. The molecule has 1 aromatic heterocycles. The van der Waals surface area contributed by atoms with Crippen molar-refractivity contribution in [1.29, 1.82) is 0 Å². The highest BCUT2D eigenvalue weighted by Crippen LogP contribution is 2.38. The van der Waals surface area contributed by atoms with Crippen molar-refractivity contribution in [3.63, 3.8) is 0 Å². The SMILES string of the molecule is NC(=S)N=Nc1c(O)n(OC(F)(F)F)c2ccccc12. The third-order valence-electron chi connectivity index (χ3n) is 2.23. The van der Waals surface area contributed by atoms with E-state index >= 15 is 0 Å². The van der Waals surface area contributed by atoms with Crippen LogP contribution in [0.25, 0.3) is 10.9 Å². The zero-order valence-corrected chi connectivity index (χ0v) is 10.4. The average molecular weight is 304 g/mol. The summed E-state index contributed by atoms with van der Waals surface area (Å²) in [7, 11) is 0. The van der Waals surface area contributed by atoms with Gasteiger partial charge in [-0.1, -0.05) is 18.2 Å². The van der Waals surface area contributed by atoms with E-state index in [1.54, 1.807) is 6.07 Å². The molecule has 0 spiro atoms. The second kappa shape index (κ2) is 4.96. The van der Waals surface area contributed by atoms with Gasteiger partial charge in [-0.25, -0.2) is 0 Å². The highest BCUT2D eigenvalue weighted by molar-refractivity contribution is 7.80. The lowest BCUT2D eigenvalue weighted by Gasteiger charge is -2.10. The highest BCUT2D eigenvalue weighted by Gasteiger charge is 2.34. The fourth-order valence-corrected chi connectivity index (χ4v) is 1.62. The minimum atomic E-state index is -4.98. The monoisotopic (exact) mass is 304 g/mol. The lowest BCUT2D eigenvalue weighted by molar-refractivity contribution is -0.322. The van der Waals surface area contributed by atoms with Crippen LogP contribution in [0.4, 0.5) is 18.9 Å². The molecule has 0 radical (unpaired) electrons. The average Bonchev–Trinajstić information content (AvgIpc) is 2.59. The third kappa shape index (κ3) is 2.79. The summed E-state index contributed by atoms with van der Waals surface area (Å²) in [6, 6.07) is 5.80. The van der Waals surface area contributed by atoms with Crippen LogP contribution in [0, 0.1) is 0 Å². The first-order chi connectivity index (χ1) is 9.29. The summed E-state index contributed by atoms with van der Waals surface area (Å²) in [5.74, 6) is -0.858. The Labute approximate surface area is 115 Å². The molecule has 2 aromatic rings. The van der Waals surface area contributed by atoms with Crippen LogP contribution in [0.3, 0.4) is 0 Å². The molecule has 1 heterocycles. The van der Waals surface area contributed by atoms with E-state index in [2.05, 4.69) is 27.3 Å². The van der Waals surface area contributed by atoms with E-state index in [0.717, 1.165) is 0 Å². The van der Waals surface area contributed by atoms with Gasteiger partial charge in [0.25, 0.3) is 5.88 Å². The Hall–Kier alpha value is -2.36. The number of azo groups is 1. The Morgan fingerprint density at radius 3 is 2.60 bits per heavy atom. The largest absolute Gasteiger partial charge is 0.591 e. The highest BCUT2D eigenvalue weighted by atomic mass is 32.1. The normalized spacial score (nSPS) is 12.2. The van der Waals surface area contributed by atoms with Gasteiger partial charge in [-0.3, -0.25) is 0 Å². The predicted molar refractivity (Wildman–Crippen MR) is 67.5 cm³/mol. The molecule has 1 aromatic carbocycles. The fourth-order valence-electron chi connectivity index (χ4n) is 1.58. The quantitative estimate of drug-likeness (QED) is 0.659. The first kappa shape index (κ1) is 14.1. The molecule has 20 heavy (non-hydrogen) atoms. The van der Waals surface area contributed by atoms with Crippen molar-refractivity contribution in [2.24, 2.45) is 16.0 Å². The number of aromatic hydroxyl groups is 1. The summed E-state index contributed by atoms with van der Waals surface area (Å²) in [5.41, 5.74) is 4.86. The van der Waals surface area contributed by atoms with Crippen molar-refractivity contribution in [3.05, 3.63) is 24.3 Å². The van der Waals surface area contributed by atoms with Crippen LogP contribution >= 0.6 is 12.2 Å². The van der Waals surface area contributed by atoms with Crippen molar-refractivity contribution in [2.75, 3.05) is 0 Å². The molecule has 0 aliphatic carbocycles. The number of nitrogens with zero attached hydrogens (tertiary/aromatic N) is 3. The minimum Gasteiger partial charge on any atom is -0.491 e. The third-order valence-corrected chi connectivity index (χ3v) is 2.31. The van der Waals surface area contributed by atoms with E-state index in [1.807, 2.05) is 0 Å². The van der Waals surface area contributed by atoms with E-state index in [-0.39, 0.29) is 26.4 Å². The predicted octanol–water partition coefficient (Wildman–Crippen LogP) is 2.62. The van der Waals surface area contributed by atoms with Gasteiger partial charge in [0, 0.05) is 5.39 Å². The number of hydrogen-bond acceptors (Lipinski definition) is 4. The number of alkyl halides is 3. The number of fused-ring (bicyclic) bond motifs is 1. The number of thiocarbonyl (C=S) groups is 1. The molecule has 3 N–H and O–H groups in total. The van der Waals surface area contributed by atoms with Gasteiger partial charge in [-0.15, -0.1) is 28.1 Å². The van der Waals surface area contributed by atoms with E-state index < -0.39 is 12.2 Å². The molecule has 6 nitrogen and oxygen atoms in total. The molecular weight excluding hydrogens is 297 g/mol. The van der Waals surface area contributed by atoms with Crippen LogP contribution in [0.1, 0.15) is 0 Å². The second-order valence-corrected chi connectivity index (χ2v) is 3.98. The Morgan fingerprint density at radius 2 is 2.00 bits per heavy atom. The van der Waals surface area contributed by atoms with E-state index in [1.165, 1.54) is 18.2 Å². The molecule has 0 saturated heterocycles. The first-order valence-corrected chi connectivity index (χ1v) is 5.50. The Bertz CT molecular complexity index is 696. The summed E-state index contributed by atoms with van der Waals surface area (Å²) in [5, 5.41) is 16.5. The topological polar surface area (TPSA) is 85.1 Å². The maximum Gasteiger partial charge on any atom is 0.591 e. The summed E-state index contributed by atoms with van der Waals surface area (Å²) in [6.45, 7) is 0. The van der Waals surface area contributed by atoms with Gasteiger partial charge in [0.15, 0.2) is 5.69 Å². The van der Waals surface area contributed by atoms with Gasteiger partial charge >= 0.3 is 6.36 Å². The lowest BCUT2D eigenvalue weighted by Crippen LogP contribution is -2.26. The van der Waals surface area contributed by atoms with Crippen molar-refractivity contribution in [3.8, 4) is 5.88 Å². The van der Waals surface area contributed by atoms with Crippen molar-refractivity contribution < 1.29 is 23.1 Å². The molecule has 106 valence electrons. The number of halogens is 3. The standard InChI is InChI=1S/C10H7F3N4O2S/c11-10(12,13)19-17-6-4-2-1-3-5(6)7(8(17)18)15-16-9(14)20/h1-4,18H,(H2,14,20). The summed E-state index contributed by atoms with van der Waals surface area (Å²) >= 11 is 4.47. The molecule has 0 saturated carbocycles. The second-order valence-electron chi connectivity index (χ2n) is 3.56. The van der Waals surface area contributed by atoms with Gasteiger partial charge in [-0.05, 0) is 18.3 Å². The van der Waals surface area contributed by atoms with Gasteiger partial charge in [0.2, 0.25) is 5.11 Å². The van der Waals surface area contributed by atoms with Crippen LogP contribution in [0.2, 0.25) is 0 Å². The summed E-state index contributed by atoms with van der Waals surface area (Å²) in [4.78, 5) is 3.73. The van der Waals surface area contributed by atoms with Crippen LogP contribution in [-0.4, -0.2) is 21.3 Å². The maximum absolute atomic E-state index is 12.3. The van der Waals surface area contributed by atoms with Crippen molar-refractivity contribution in [2.45, 2.75) is 6.36 Å². The number of para-hydroxylation sites is 1. The number of benzene rings is 1. The molecule has 0 amide bonds. The number of rotatable bonds is 2. The fraction of sp³-hybridized carbons (Fsp3) is 0.100. The maximum atomic E-state index is 12.3. The molecule has 0 aliphatic rings. The molecule has 0 bridgehead atoms. The molecule has 0 unspecified atom stereocenters. The molecule has 0 aliphatic heterocycles. The Morgan fingerprint density at radius 1 is 1.35 bits per heavy atom. The van der Waals surface area contributed by atoms with Crippen LogP contribution in [-0.2, 0) is 0 Å². The van der Waals surface area contributed by atoms with E-state index in [4.69, 9.17) is 5.73 Å². The smallest absolute Gasteiger partial charge is 0.491 e. The van der Waals surface area contributed by atoms with E-state index in [9.17, 15) is 18.3 Å². The van der Waals surface area contributed by atoms with E-state index in [0.29, 0.717) is 0 Å². The first-order valence-electron chi connectivity index (χ1n) is 5.09.